The second kappa shape index (κ2) is 6.30. The van der Waals surface area contributed by atoms with Gasteiger partial charge in [0.1, 0.15) is 6.04 Å². The van der Waals surface area contributed by atoms with Crippen molar-refractivity contribution in [3.05, 3.63) is 0 Å². The average molecular weight is 204 g/mol. The van der Waals surface area contributed by atoms with Gasteiger partial charge in [-0.15, -0.1) is 0 Å². The first-order valence-corrected chi connectivity index (χ1v) is 4.21. The van der Waals surface area contributed by atoms with Crippen molar-refractivity contribution < 1.29 is 14.7 Å². The molecule has 1 amide bonds. The van der Waals surface area contributed by atoms with E-state index in [2.05, 4.69) is 5.32 Å². The van der Waals surface area contributed by atoms with Gasteiger partial charge in [-0.2, -0.15) is 0 Å². The zero-order chi connectivity index (χ0) is 11.1. The number of hydrogen-bond acceptors (Lipinski definition) is 5. The van der Waals surface area contributed by atoms with E-state index >= 15 is 0 Å². The lowest BCUT2D eigenvalue weighted by Gasteiger charge is -2.15. The molecule has 0 aliphatic rings. The maximum Gasteiger partial charge on any atom is 0.326 e. The van der Waals surface area contributed by atoms with Crippen LogP contribution in [0.3, 0.4) is 0 Å². The number of carbonyl (C=O) groups excluding carboxylic acids is 1. The Morgan fingerprint density at radius 2 is 1.93 bits per heavy atom. The highest BCUT2D eigenvalue weighted by molar-refractivity contribution is 5.86. The Hall–Kier alpha value is -1.18. The fourth-order valence-electron chi connectivity index (χ4n) is 0.810. The molecule has 0 bridgehead atoms. The summed E-state index contributed by atoms with van der Waals surface area (Å²) in [6.07, 6.45) is 0.165. The van der Waals surface area contributed by atoms with Gasteiger partial charge in [-0.05, 0) is 13.0 Å². The van der Waals surface area contributed by atoms with E-state index in [-0.39, 0.29) is 19.5 Å². The van der Waals surface area contributed by atoms with Gasteiger partial charge in [-0.25, -0.2) is 4.79 Å². The Kier molecular flexibility index (Phi) is 5.77. The summed E-state index contributed by atoms with van der Waals surface area (Å²) in [6, 6.07) is -1.88. The van der Waals surface area contributed by atoms with Crippen LogP contribution in [0.4, 0.5) is 0 Å². The Labute approximate surface area is 81.6 Å². The molecule has 2 atom stereocenters. The van der Waals surface area contributed by atoms with Crippen LogP contribution in [0.1, 0.15) is 6.42 Å². The molecule has 0 fully saturated rings. The molecule has 7 heteroatoms. The summed E-state index contributed by atoms with van der Waals surface area (Å²) < 4.78 is 0. The van der Waals surface area contributed by atoms with Gasteiger partial charge in [0.2, 0.25) is 5.91 Å². The zero-order valence-corrected chi connectivity index (χ0v) is 7.77. The van der Waals surface area contributed by atoms with Crippen LogP contribution in [0.2, 0.25) is 0 Å². The van der Waals surface area contributed by atoms with Crippen LogP contribution >= 0.6 is 0 Å². The van der Waals surface area contributed by atoms with E-state index in [0.717, 1.165) is 0 Å². The van der Waals surface area contributed by atoms with Gasteiger partial charge < -0.3 is 27.6 Å². The van der Waals surface area contributed by atoms with Gasteiger partial charge in [0, 0.05) is 6.54 Å². The minimum Gasteiger partial charge on any atom is -0.480 e. The normalized spacial score (nSPS) is 14.5. The van der Waals surface area contributed by atoms with Gasteiger partial charge in [0.25, 0.3) is 0 Å². The van der Waals surface area contributed by atoms with Gasteiger partial charge in [0.05, 0.1) is 6.04 Å². The molecule has 0 radical (unpaired) electrons. The average Bonchev–Trinajstić information content (AvgIpc) is 2.15. The Balaban J connectivity index is 4.15. The molecule has 0 aliphatic heterocycles. The predicted molar refractivity (Wildman–Crippen MR) is 50.3 cm³/mol. The summed E-state index contributed by atoms with van der Waals surface area (Å²) in [6.45, 7) is 0.149. The molecule has 0 aliphatic carbocycles. The van der Waals surface area contributed by atoms with Gasteiger partial charge in [-0.3, -0.25) is 4.79 Å². The van der Waals surface area contributed by atoms with Crippen LogP contribution in [-0.2, 0) is 9.59 Å². The Morgan fingerprint density at radius 1 is 1.36 bits per heavy atom. The molecule has 8 N–H and O–H groups in total. The van der Waals surface area contributed by atoms with Crippen molar-refractivity contribution >= 4 is 11.9 Å². The number of rotatable bonds is 6. The van der Waals surface area contributed by atoms with Crippen LogP contribution in [0.25, 0.3) is 0 Å². The molecule has 0 saturated carbocycles. The van der Waals surface area contributed by atoms with Gasteiger partial charge in [-0.1, -0.05) is 0 Å². The highest BCUT2D eigenvalue weighted by Crippen LogP contribution is 1.91. The monoisotopic (exact) mass is 204 g/mol. The molecular weight excluding hydrogens is 188 g/mol. The third-order valence-electron chi connectivity index (χ3n) is 1.66. The SMILES string of the molecule is NCC[C@H](NC(=O)[C@@H](N)CN)C(=O)O. The van der Waals surface area contributed by atoms with Crippen molar-refractivity contribution in [3.63, 3.8) is 0 Å². The molecule has 0 saturated heterocycles. The molecule has 0 rings (SSSR count). The first kappa shape index (κ1) is 12.8. The van der Waals surface area contributed by atoms with Crippen LogP contribution in [-0.4, -0.2) is 42.2 Å². The molecular formula is C7H16N4O3. The summed E-state index contributed by atoms with van der Waals surface area (Å²) in [5.74, 6) is -1.71. The highest BCUT2D eigenvalue weighted by Gasteiger charge is 2.21. The topological polar surface area (TPSA) is 144 Å². The fourth-order valence-corrected chi connectivity index (χ4v) is 0.810. The van der Waals surface area contributed by atoms with Gasteiger partial charge in [0.15, 0.2) is 0 Å². The zero-order valence-electron chi connectivity index (χ0n) is 7.77. The summed E-state index contributed by atoms with van der Waals surface area (Å²) in [4.78, 5) is 21.7. The maximum absolute atomic E-state index is 11.1. The molecule has 0 unspecified atom stereocenters. The number of carboxylic acids is 1. The van der Waals surface area contributed by atoms with E-state index in [1.165, 1.54) is 0 Å². The van der Waals surface area contributed by atoms with E-state index < -0.39 is 24.0 Å². The largest absolute Gasteiger partial charge is 0.480 e. The second-order valence-corrected chi connectivity index (χ2v) is 2.82. The van der Waals surface area contributed by atoms with Crippen LogP contribution in [0.15, 0.2) is 0 Å². The first-order chi connectivity index (χ1) is 6.52. The van der Waals surface area contributed by atoms with Crippen molar-refractivity contribution in [3.8, 4) is 0 Å². The van der Waals surface area contributed by atoms with E-state index in [0.29, 0.717) is 0 Å². The Morgan fingerprint density at radius 3 is 2.29 bits per heavy atom. The molecule has 0 spiro atoms. The third-order valence-corrected chi connectivity index (χ3v) is 1.66. The smallest absolute Gasteiger partial charge is 0.326 e. The van der Waals surface area contributed by atoms with Crippen LogP contribution in [0, 0.1) is 0 Å². The van der Waals surface area contributed by atoms with Crippen molar-refractivity contribution in [1.82, 2.24) is 5.32 Å². The molecule has 0 heterocycles. The highest BCUT2D eigenvalue weighted by atomic mass is 16.4. The van der Waals surface area contributed by atoms with Crippen molar-refractivity contribution in [2.45, 2.75) is 18.5 Å². The number of carbonyl (C=O) groups is 2. The second-order valence-electron chi connectivity index (χ2n) is 2.82. The third kappa shape index (κ3) is 4.17. The van der Waals surface area contributed by atoms with E-state index in [1.54, 1.807) is 0 Å². The van der Waals surface area contributed by atoms with E-state index in [4.69, 9.17) is 22.3 Å². The lowest BCUT2D eigenvalue weighted by molar-refractivity contribution is -0.142. The van der Waals surface area contributed by atoms with Crippen molar-refractivity contribution in [1.29, 1.82) is 0 Å². The van der Waals surface area contributed by atoms with Gasteiger partial charge >= 0.3 is 5.97 Å². The lowest BCUT2D eigenvalue weighted by atomic mass is 10.2. The predicted octanol–water partition coefficient (Wildman–Crippen LogP) is -2.81. The number of carboxylic acid groups (broad SMARTS) is 1. The molecule has 7 nitrogen and oxygen atoms in total. The molecule has 0 aromatic rings. The molecule has 0 aromatic heterocycles. The molecule has 82 valence electrons. The molecule has 0 aromatic carbocycles. The Bertz CT molecular complexity index is 209. The minimum absolute atomic E-state index is 0.0270. The van der Waals surface area contributed by atoms with E-state index in [1.807, 2.05) is 0 Å². The summed E-state index contributed by atoms with van der Waals surface area (Å²) >= 11 is 0. The maximum atomic E-state index is 11.1. The van der Waals surface area contributed by atoms with Crippen molar-refractivity contribution in [2.75, 3.05) is 13.1 Å². The van der Waals surface area contributed by atoms with Crippen LogP contribution in [0.5, 0.6) is 0 Å². The van der Waals surface area contributed by atoms with Crippen LogP contribution < -0.4 is 22.5 Å². The quantitative estimate of drug-likeness (QED) is 0.316. The number of nitrogens with one attached hydrogen (secondary N) is 1. The standard InChI is InChI=1S/C7H16N4O3/c8-2-1-5(7(13)14)11-6(12)4(10)3-9/h4-5H,1-3,8-10H2,(H,11,12)(H,13,14)/t4-,5-/m0/s1. The summed E-state index contributed by atoms with van der Waals surface area (Å²) in [5.41, 5.74) is 15.6. The van der Waals surface area contributed by atoms with Crippen molar-refractivity contribution in [2.24, 2.45) is 17.2 Å². The minimum atomic E-state index is -1.13. The summed E-state index contributed by atoms with van der Waals surface area (Å²) in [7, 11) is 0. The summed E-state index contributed by atoms with van der Waals surface area (Å²) in [5, 5.41) is 10.9. The molecule has 14 heavy (non-hydrogen) atoms. The number of hydrogen-bond donors (Lipinski definition) is 5. The first-order valence-electron chi connectivity index (χ1n) is 4.21. The number of aliphatic carboxylic acids is 1. The lowest BCUT2D eigenvalue weighted by Crippen LogP contribution is -2.51. The fraction of sp³-hybridized carbons (Fsp3) is 0.714. The van der Waals surface area contributed by atoms with E-state index in [9.17, 15) is 9.59 Å². The number of nitrogens with two attached hydrogens (primary N) is 3. The number of amides is 1.